The van der Waals surface area contributed by atoms with Gasteiger partial charge in [-0.25, -0.2) is 0 Å². The summed E-state index contributed by atoms with van der Waals surface area (Å²) in [5, 5.41) is 1.10. The van der Waals surface area contributed by atoms with Gasteiger partial charge in [-0.15, -0.1) is 0 Å². The van der Waals surface area contributed by atoms with Crippen LogP contribution >= 0.6 is 0 Å². The lowest BCUT2D eigenvalue weighted by Gasteiger charge is -2.34. The van der Waals surface area contributed by atoms with E-state index in [9.17, 15) is 4.79 Å². The van der Waals surface area contributed by atoms with Crippen LogP contribution < -0.4 is 4.74 Å². The number of fused-ring (bicyclic) bond motifs is 2. The second-order valence-electron chi connectivity index (χ2n) is 7.88. The monoisotopic (exact) mass is 375 g/mol. The van der Waals surface area contributed by atoms with Crippen molar-refractivity contribution < 1.29 is 9.53 Å². The van der Waals surface area contributed by atoms with Crippen molar-refractivity contribution >= 4 is 16.8 Å². The van der Waals surface area contributed by atoms with E-state index in [0.29, 0.717) is 5.69 Å². The Morgan fingerprint density at radius 2 is 1.93 bits per heavy atom. The number of aryl methyl sites for hydroxylation is 1. The maximum atomic E-state index is 12.9. The molecule has 2 aromatic carbocycles. The second kappa shape index (κ2) is 6.99. The molecule has 5 rings (SSSR count). The van der Waals surface area contributed by atoms with Gasteiger partial charge in [-0.1, -0.05) is 23.8 Å². The summed E-state index contributed by atoms with van der Waals surface area (Å²) in [5.74, 6) is 1.14. The van der Waals surface area contributed by atoms with Crippen molar-refractivity contribution in [2.24, 2.45) is 0 Å². The Bertz CT molecular complexity index is 1030. The Balaban J connectivity index is 1.22. The van der Waals surface area contributed by atoms with E-state index in [0.717, 1.165) is 62.4 Å². The first kappa shape index (κ1) is 17.3. The minimum Gasteiger partial charge on any atom is -0.493 e. The standard InChI is InChI=1S/C23H25N3O2/c1-16-2-5-20-19(12-16)14-21(24-20)23(27)26-9-7-25(8-10-26)15-17-3-4-18-6-11-28-22(18)13-17/h2-5,12-14,24H,6-11,15H2,1H3. The van der Waals surface area contributed by atoms with E-state index in [1.165, 1.54) is 16.7 Å². The third kappa shape index (κ3) is 3.27. The highest BCUT2D eigenvalue weighted by Gasteiger charge is 2.23. The van der Waals surface area contributed by atoms with E-state index >= 15 is 0 Å². The molecule has 3 heterocycles. The quantitative estimate of drug-likeness (QED) is 0.764. The fraction of sp³-hybridized carbons (Fsp3) is 0.348. The van der Waals surface area contributed by atoms with Crippen molar-refractivity contribution in [3.05, 3.63) is 64.8 Å². The molecule has 28 heavy (non-hydrogen) atoms. The average molecular weight is 375 g/mol. The van der Waals surface area contributed by atoms with Crippen LogP contribution in [0.25, 0.3) is 10.9 Å². The molecule has 144 valence electrons. The predicted molar refractivity (Wildman–Crippen MR) is 110 cm³/mol. The maximum Gasteiger partial charge on any atom is 0.270 e. The van der Waals surface area contributed by atoms with Gasteiger partial charge in [0.1, 0.15) is 11.4 Å². The Hall–Kier alpha value is -2.79. The van der Waals surface area contributed by atoms with Crippen LogP contribution in [0.5, 0.6) is 5.75 Å². The van der Waals surface area contributed by atoms with Gasteiger partial charge in [-0.3, -0.25) is 9.69 Å². The summed E-state index contributed by atoms with van der Waals surface area (Å²) >= 11 is 0. The number of hydrogen-bond donors (Lipinski definition) is 1. The van der Waals surface area contributed by atoms with Gasteiger partial charge in [0.2, 0.25) is 0 Å². The minimum absolute atomic E-state index is 0.0967. The highest BCUT2D eigenvalue weighted by molar-refractivity contribution is 5.98. The molecule has 0 radical (unpaired) electrons. The summed E-state index contributed by atoms with van der Waals surface area (Å²) < 4.78 is 5.68. The number of benzene rings is 2. The summed E-state index contributed by atoms with van der Waals surface area (Å²) in [4.78, 5) is 20.6. The molecule has 1 saturated heterocycles. The number of rotatable bonds is 3. The van der Waals surface area contributed by atoms with Crippen molar-refractivity contribution in [3.63, 3.8) is 0 Å². The van der Waals surface area contributed by atoms with Crippen molar-refractivity contribution in [2.45, 2.75) is 19.9 Å². The summed E-state index contributed by atoms with van der Waals surface area (Å²) in [7, 11) is 0. The second-order valence-corrected chi connectivity index (χ2v) is 7.88. The highest BCUT2D eigenvalue weighted by atomic mass is 16.5. The van der Waals surface area contributed by atoms with Crippen LogP contribution in [-0.4, -0.2) is 53.5 Å². The number of H-pyrrole nitrogens is 1. The third-order valence-corrected chi connectivity index (χ3v) is 5.83. The topological polar surface area (TPSA) is 48.6 Å². The van der Waals surface area contributed by atoms with Gasteiger partial charge >= 0.3 is 0 Å². The molecule has 0 bridgehead atoms. The van der Waals surface area contributed by atoms with Crippen LogP contribution in [-0.2, 0) is 13.0 Å². The molecule has 0 atom stereocenters. The molecule has 3 aromatic rings. The number of hydrogen-bond acceptors (Lipinski definition) is 3. The summed E-state index contributed by atoms with van der Waals surface area (Å²) in [5.41, 5.74) is 5.51. The smallest absolute Gasteiger partial charge is 0.270 e. The van der Waals surface area contributed by atoms with Crippen LogP contribution in [0.15, 0.2) is 42.5 Å². The summed E-state index contributed by atoms with van der Waals surface area (Å²) in [6, 6.07) is 14.8. The Kier molecular flexibility index (Phi) is 4.32. The van der Waals surface area contributed by atoms with E-state index in [4.69, 9.17) is 4.74 Å². The number of nitrogens with one attached hydrogen (secondary N) is 1. The summed E-state index contributed by atoms with van der Waals surface area (Å²) in [6.45, 7) is 7.08. The Labute approximate surface area is 164 Å². The number of aromatic nitrogens is 1. The van der Waals surface area contributed by atoms with E-state index in [2.05, 4.69) is 47.1 Å². The first-order valence-electron chi connectivity index (χ1n) is 10.0. The lowest BCUT2D eigenvalue weighted by Crippen LogP contribution is -2.48. The lowest BCUT2D eigenvalue weighted by molar-refractivity contribution is 0.0623. The summed E-state index contributed by atoms with van der Waals surface area (Å²) in [6.07, 6.45) is 1.02. The van der Waals surface area contributed by atoms with E-state index < -0.39 is 0 Å². The number of ether oxygens (including phenoxy) is 1. The van der Waals surface area contributed by atoms with E-state index in [1.54, 1.807) is 0 Å². The predicted octanol–water partition coefficient (Wildman–Crippen LogP) is 3.37. The Morgan fingerprint density at radius 1 is 1.07 bits per heavy atom. The number of amides is 1. The van der Waals surface area contributed by atoms with Gasteiger partial charge < -0.3 is 14.6 Å². The average Bonchev–Trinajstić information content (AvgIpc) is 3.34. The molecule has 5 heteroatoms. The maximum absolute atomic E-state index is 12.9. The molecule has 1 aromatic heterocycles. The molecule has 0 spiro atoms. The largest absolute Gasteiger partial charge is 0.493 e. The van der Waals surface area contributed by atoms with Gasteiger partial charge in [0, 0.05) is 50.0 Å². The van der Waals surface area contributed by atoms with Gasteiger partial charge in [-0.05, 0) is 42.3 Å². The number of carbonyl (C=O) groups excluding carboxylic acids is 1. The number of piperazine rings is 1. The van der Waals surface area contributed by atoms with Gasteiger partial charge in [0.05, 0.1) is 6.61 Å². The molecule has 1 N–H and O–H groups in total. The number of aromatic amines is 1. The molecule has 0 aliphatic carbocycles. The molecule has 0 unspecified atom stereocenters. The molecule has 1 amide bonds. The van der Waals surface area contributed by atoms with E-state index in [-0.39, 0.29) is 5.91 Å². The zero-order valence-corrected chi connectivity index (χ0v) is 16.2. The molecule has 1 fully saturated rings. The van der Waals surface area contributed by atoms with Crippen LogP contribution in [0.4, 0.5) is 0 Å². The molecule has 5 nitrogen and oxygen atoms in total. The fourth-order valence-electron chi connectivity index (χ4n) is 4.21. The van der Waals surface area contributed by atoms with Crippen LogP contribution in [0.3, 0.4) is 0 Å². The van der Waals surface area contributed by atoms with Crippen molar-refractivity contribution in [1.82, 2.24) is 14.8 Å². The highest BCUT2D eigenvalue weighted by Crippen LogP contribution is 2.27. The Morgan fingerprint density at radius 3 is 2.79 bits per heavy atom. The molecular weight excluding hydrogens is 350 g/mol. The zero-order valence-electron chi connectivity index (χ0n) is 16.2. The lowest BCUT2D eigenvalue weighted by atomic mass is 10.1. The van der Waals surface area contributed by atoms with Crippen molar-refractivity contribution in [2.75, 3.05) is 32.8 Å². The first-order chi connectivity index (χ1) is 13.7. The van der Waals surface area contributed by atoms with Gasteiger partial charge in [0.15, 0.2) is 0 Å². The molecular formula is C23H25N3O2. The van der Waals surface area contributed by atoms with Crippen LogP contribution in [0, 0.1) is 6.92 Å². The van der Waals surface area contributed by atoms with Crippen molar-refractivity contribution in [1.29, 1.82) is 0 Å². The van der Waals surface area contributed by atoms with E-state index in [1.807, 2.05) is 17.0 Å². The normalized spacial score (nSPS) is 17.0. The third-order valence-electron chi connectivity index (χ3n) is 5.83. The molecule has 0 saturated carbocycles. The first-order valence-corrected chi connectivity index (χ1v) is 10.0. The van der Waals surface area contributed by atoms with Crippen molar-refractivity contribution in [3.8, 4) is 5.75 Å². The fourth-order valence-corrected chi connectivity index (χ4v) is 4.21. The van der Waals surface area contributed by atoms with Gasteiger partial charge in [-0.2, -0.15) is 0 Å². The molecule has 2 aliphatic heterocycles. The van der Waals surface area contributed by atoms with Gasteiger partial charge in [0.25, 0.3) is 5.91 Å². The minimum atomic E-state index is 0.0967. The van der Waals surface area contributed by atoms with Crippen LogP contribution in [0.1, 0.15) is 27.2 Å². The zero-order chi connectivity index (χ0) is 19.1. The number of nitrogens with zero attached hydrogens (tertiary/aromatic N) is 2. The number of carbonyl (C=O) groups is 1. The van der Waals surface area contributed by atoms with Crippen LogP contribution in [0.2, 0.25) is 0 Å². The molecule has 2 aliphatic rings. The SMILES string of the molecule is Cc1ccc2[nH]c(C(=O)N3CCN(Cc4ccc5c(c4)OCC5)CC3)cc2c1.